The Balaban J connectivity index is 1.52. The number of nitrogens with zero attached hydrogens (tertiary/aromatic N) is 3. The van der Waals surface area contributed by atoms with Crippen LogP contribution < -0.4 is 0 Å². The Morgan fingerprint density at radius 2 is 2.04 bits per heavy atom. The third-order valence-corrected chi connectivity index (χ3v) is 4.14. The van der Waals surface area contributed by atoms with E-state index in [9.17, 15) is 4.79 Å². The quantitative estimate of drug-likeness (QED) is 0.767. The van der Waals surface area contributed by atoms with Crippen molar-refractivity contribution in [1.29, 1.82) is 0 Å². The van der Waals surface area contributed by atoms with E-state index in [1.165, 1.54) is 5.56 Å². The molecule has 1 aliphatic carbocycles. The molecule has 122 valence electrons. The van der Waals surface area contributed by atoms with Crippen LogP contribution in [0.1, 0.15) is 47.6 Å². The molecule has 1 aromatic carbocycles. The number of rotatable bonds is 6. The Morgan fingerprint density at radius 1 is 1.30 bits per heavy atom. The summed E-state index contributed by atoms with van der Waals surface area (Å²) in [5, 5.41) is 8.06. The van der Waals surface area contributed by atoms with E-state index in [1.54, 1.807) is 6.92 Å². The predicted molar refractivity (Wildman–Crippen MR) is 84.0 cm³/mol. The SMILES string of the molecule is CCOC(=O)c1nnn(C2CC(OCc3ccccc3)C2)c1C. The number of carbonyl (C=O) groups is 1. The smallest absolute Gasteiger partial charge is 0.360 e. The molecule has 1 aliphatic rings. The summed E-state index contributed by atoms with van der Waals surface area (Å²) in [7, 11) is 0. The van der Waals surface area contributed by atoms with E-state index in [0.717, 1.165) is 18.5 Å². The van der Waals surface area contributed by atoms with Gasteiger partial charge in [0.1, 0.15) is 0 Å². The lowest BCUT2D eigenvalue weighted by molar-refractivity contribution is -0.0391. The van der Waals surface area contributed by atoms with Gasteiger partial charge < -0.3 is 9.47 Å². The Morgan fingerprint density at radius 3 is 2.74 bits per heavy atom. The average Bonchev–Trinajstić information content (AvgIpc) is 2.89. The van der Waals surface area contributed by atoms with Crippen molar-refractivity contribution in [2.75, 3.05) is 6.61 Å². The van der Waals surface area contributed by atoms with E-state index in [-0.39, 0.29) is 12.1 Å². The largest absolute Gasteiger partial charge is 0.461 e. The molecular weight excluding hydrogens is 294 g/mol. The predicted octanol–water partition coefficient (Wildman–Crippen LogP) is 2.68. The first-order chi connectivity index (χ1) is 11.2. The van der Waals surface area contributed by atoms with E-state index in [1.807, 2.05) is 29.8 Å². The summed E-state index contributed by atoms with van der Waals surface area (Å²) in [6.45, 7) is 4.59. The molecule has 1 heterocycles. The molecule has 0 radical (unpaired) electrons. The van der Waals surface area contributed by atoms with Crippen LogP contribution in [0.15, 0.2) is 30.3 Å². The molecule has 23 heavy (non-hydrogen) atoms. The number of esters is 1. The van der Waals surface area contributed by atoms with Crippen molar-refractivity contribution in [3.8, 4) is 0 Å². The third kappa shape index (κ3) is 3.42. The zero-order valence-electron chi connectivity index (χ0n) is 13.4. The molecule has 0 atom stereocenters. The molecule has 3 rings (SSSR count). The summed E-state index contributed by atoms with van der Waals surface area (Å²) < 4.78 is 12.7. The topological polar surface area (TPSA) is 66.2 Å². The number of hydrogen-bond donors (Lipinski definition) is 0. The van der Waals surface area contributed by atoms with Gasteiger partial charge in [-0.3, -0.25) is 0 Å². The monoisotopic (exact) mass is 315 g/mol. The van der Waals surface area contributed by atoms with Crippen LogP contribution in [0.5, 0.6) is 0 Å². The van der Waals surface area contributed by atoms with Gasteiger partial charge in [0.05, 0.1) is 31.1 Å². The molecule has 6 nitrogen and oxygen atoms in total. The van der Waals surface area contributed by atoms with Crippen molar-refractivity contribution >= 4 is 5.97 Å². The van der Waals surface area contributed by atoms with Crippen molar-refractivity contribution in [3.05, 3.63) is 47.3 Å². The van der Waals surface area contributed by atoms with Gasteiger partial charge in [-0.2, -0.15) is 0 Å². The summed E-state index contributed by atoms with van der Waals surface area (Å²) >= 11 is 0. The molecule has 1 saturated carbocycles. The molecule has 0 bridgehead atoms. The van der Waals surface area contributed by atoms with E-state index in [0.29, 0.717) is 18.9 Å². The molecule has 0 spiro atoms. The normalized spacial score (nSPS) is 20.1. The van der Waals surface area contributed by atoms with Crippen LogP contribution in [-0.2, 0) is 16.1 Å². The van der Waals surface area contributed by atoms with Gasteiger partial charge in [0, 0.05) is 0 Å². The Bertz CT molecular complexity index is 663. The van der Waals surface area contributed by atoms with Crippen molar-refractivity contribution in [2.45, 2.75) is 45.4 Å². The van der Waals surface area contributed by atoms with Gasteiger partial charge in [-0.05, 0) is 32.3 Å². The van der Waals surface area contributed by atoms with E-state index < -0.39 is 5.97 Å². The van der Waals surface area contributed by atoms with E-state index in [4.69, 9.17) is 9.47 Å². The maximum absolute atomic E-state index is 11.8. The summed E-state index contributed by atoms with van der Waals surface area (Å²) in [5.41, 5.74) is 2.24. The maximum atomic E-state index is 11.8. The van der Waals surface area contributed by atoms with Gasteiger partial charge in [0.15, 0.2) is 5.69 Å². The number of carbonyl (C=O) groups excluding carboxylic acids is 1. The second kappa shape index (κ2) is 6.91. The Hall–Kier alpha value is -2.21. The molecule has 0 amide bonds. The summed E-state index contributed by atoms with van der Waals surface area (Å²) in [6, 6.07) is 10.4. The highest BCUT2D eigenvalue weighted by atomic mass is 16.5. The Labute approximate surface area is 135 Å². The van der Waals surface area contributed by atoms with Crippen LogP contribution in [0.3, 0.4) is 0 Å². The lowest BCUT2D eigenvalue weighted by Crippen LogP contribution is -2.34. The summed E-state index contributed by atoms with van der Waals surface area (Å²) in [4.78, 5) is 11.8. The first-order valence-electron chi connectivity index (χ1n) is 7.93. The lowest BCUT2D eigenvalue weighted by Gasteiger charge is -2.35. The van der Waals surface area contributed by atoms with Gasteiger partial charge in [-0.15, -0.1) is 5.10 Å². The first-order valence-corrected chi connectivity index (χ1v) is 7.93. The van der Waals surface area contributed by atoms with Gasteiger partial charge in [-0.1, -0.05) is 35.5 Å². The van der Waals surface area contributed by atoms with Crippen LogP contribution in [0, 0.1) is 6.92 Å². The standard InChI is InChI=1S/C17H21N3O3/c1-3-22-17(21)16-12(2)20(19-18-16)14-9-15(10-14)23-11-13-7-5-4-6-8-13/h4-8,14-15H,3,9-11H2,1-2H3. The van der Waals surface area contributed by atoms with Gasteiger partial charge in [0.2, 0.25) is 0 Å². The van der Waals surface area contributed by atoms with Crippen LogP contribution in [0.25, 0.3) is 0 Å². The van der Waals surface area contributed by atoms with Crippen LogP contribution in [0.2, 0.25) is 0 Å². The minimum Gasteiger partial charge on any atom is -0.461 e. The fraction of sp³-hybridized carbons (Fsp3) is 0.471. The lowest BCUT2D eigenvalue weighted by atomic mass is 9.89. The van der Waals surface area contributed by atoms with E-state index >= 15 is 0 Å². The van der Waals surface area contributed by atoms with Crippen molar-refractivity contribution in [3.63, 3.8) is 0 Å². The van der Waals surface area contributed by atoms with Crippen LogP contribution >= 0.6 is 0 Å². The molecular formula is C17H21N3O3. The number of aromatic nitrogens is 3. The van der Waals surface area contributed by atoms with Crippen molar-refractivity contribution in [1.82, 2.24) is 15.0 Å². The highest BCUT2D eigenvalue weighted by Gasteiger charge is 2.34. The average molecular weight is 315 g/mol. The van der Waals surface area contributed by atoms with Crippen molar-refractivity contribution < 1.29 is 14.3 Å². The zero-order valence-corrected chi connectivity index (χ0v) is 13.4. The molecule has 0 N–H and O–H groups in total. The van der Waals surface area contributed by atoms with Gasteiger partial charge >= 0.3 is 5.97 Å². The molecule has 1 aromatic heterocycles. The second-order valence-electron chi connectivity index (χ2n) is 5.73. The molecule has 6 heteroatoms. The highest BCUT2D eigenvalue weighted by molar-refractivity contribution is 5.88. The maximum Gasteiger partial charge on any atom is 0.360 e. The molecule has 1 fully saturated rings. The summed E-state index contributed by atoms with van der Waals surface area (Å²) in [5.74, 6) is -0.410. The number of hydrogen-bond acceptors (Lipinski definition) is 5. The van der Waals surface area contributed by atoms with Gasteiger partial charge in [-0.25, -0.2) is 9.48 Å². The first kappa shape index (κ1) is 15.7. The zero-order chi connectivity index (χ0) is 16.2. The molecule has 0 saturated heterocycles. The van der Waals surface area contributed by atoms with E-state index in [2.05, 4.69) is 22.4 Å². The number of benzene rings is 1. The molecule has 0 aliphatic heterocycles. The fourth-order valence-electron chi connectivity index (χ4n) is 2.74. The van der Waals surface area contributed by atoms with Gasteiger partial charge in [0.25, 0.3) is 0 Å². The minimum atomic E-state index is -0.410. The molecule has 0 unspecified atom stereocenters. The third-order valence-electron chi connectivity index (χ3n) is 4.14. The second-order valence-corrected chi connectivity index (χ2v) is 5.73. The number of ether oxygens (including phenoxy) is 2. The Kier molecular flexibility index (Phi) is 4.71. The van der Waals surface area contributed by atoms with Crippen LogP contribution in [0.4, 0.5) is 0 Å². The van der Waals surface area contributed by atoms with Crippen molar-refractivity contribution in [2.24, 2.45) is 0 Å². The molecule has 2 aromatic rings. The fourth-order valence-corrected chi connectivity index (χ4v) is 2.74. The summed E-state index contributed by atoms with van der Waals surface area (Å²) in [6.07, 6.45) is 2.01. The van der Waals surface area contributed by atoms with Crippen LogP contribution in [-0.4, -0.2) is 33.7 Å². The minimum absolute atomic E-state index is 0.231. The highest BCUT2D eigenvalue weighted by Crippen LogP contribution is 2.35.